The van der Waals surface area contributed by atoms with Crippen molar-refractivity contribution in [1.82, 2.24) is 0 Å². The average molecular weight is 254 g/mol. The van der Waals surface area contributed by atoms with Gasteiger partial charge in [0.05, 0.1) is 25.7 Å². The second kappa shape index (κ2) is 8.33. The van der Waals surface area contributed by atoms with Crippen molar-refractivity contribution in [3.63, 3.8) is 0 Å². The smallest absolute Gasteiger partial charge is 0.306 e. The molecule has 0 spiro atoms. The Morgan fingerprint density at radius 2 is 1.94 bits per heavy atom. The minimum absolute atomic E-state index is 0.0334. The summed E-state index contributed by atoms with van der Waals surface area (Å²) in [5.41, 5.74) is 0. The number of unbranched alkanes of at least 4 members (excludes halogenated alkanes) is 1. The lowest BCUT2D eigenvalue weighted by atomic mass is 10.3. The van der Waals surface area contributed by atoms with E-state index in [2.05, 4.69) is 0 Å². The maximum absolute atomic E-state index is 11.3. The molecule has 0 saturated carbocycles. The summed E-state index contributed by atoms with van der Waals surface area (Å²) in [6, 6.07) is 3.43. The molecule has 0 aliphatic rings. The lowest BCUT2D eigenvalue weighted by molar-refractivity contribution is -0.151. The first kappa shape index (κ1) is 14.3. The second-order valence-electron chi connectivity index (χ2n) is 3.81. The first-order chi connectivity index (χ1) is 8.72. The van der Waals surface area contributed by atoms with Gasteiger partial charge in [0.25, 0.3) is 0 Å². The van der Waals surface area contributed by atoms with E-state index in [4.69, 9.17) is 13.9 Å². The van der Waals surface area contributed by atoms with Crippen molar-refractivity contribution in [3.8, 4) is 0 Å². The third-order valence-electron chi connectivity index (χ3n) is 2.25. The number of ether oxygens (including phenoxy) is 2. The van der Waals surface area contributed by atoms with E-state index in [0.29, 0.717) is 12.4 Å². The second-order valence-corrected chi connectivity index (χ2v) is 3.81. The van der Waals surface area contributed by atoms with Crippen LogP contribution in [0.4, 0.5) is 0 Å². The summed E-state index contributed by atoms with van der Waals surface area (Å²) in [5.74, 6) is -0.217. The van der Waals surface area contributed by atoms with E-state index < -0.39 is 5.97 Å². The van der Waals surface area contributed by atoms with Gasteiger partial charge in [-0.25, -0.2) is 0 Å². The Hall–Kier alpha value is -1.78. The minimum Gasteiger partial charge on any atom is -0.466 e. The van der Waals surface area contributed by atoms with Crippen LogP contribution in [0.5, 0.6) is 0 Å². The lowest BCUT2D eigenvalue weighted by Gasteiger charge is -2.04. The Balaban J connectivity index is 2.07. The van der Waals surface area contributed by atoms with E-state index in [9.17, 15) is 9.59 Å². The quantitative estimate of drug-likeness (QED) is 0.526. The lowest BCUT2D eigenvalue weighted by Crippen LogP contribution is -2.10. The third-order valence-corrected chi connectivity index (χ3v) is 2.25. The molecule has 5 heteroatoms. The van der Waals surface area contributed by atoms with Crippen molar-refractivity contribution < 1.29 is 23.5 Å². The molecule has 0 aliphatic heterocycles. The number of furan rings is 1. The van der Waals surface area contributed by atoms with Gasteiger partial charge < -0.3 is 13.9 Å². The Bertz CT molecular complexity index is 355. The van der Waals surface area contributed by atoms with Crippen LogP contribution in [0.3, 0.4) is 0 Å². The predicted octanol–water partition coefficient (Wildman–Crippen LogP) is 2.45. The van der Waals surface area contributed by atoms with Gasteiger partial charge in [-0.05, 0) is 18.6 Å². The van der Waals surface area contributed by atoms with Crippen LogP contribution in [0, 0.1) is 0 Å². The maximum Gasteiger partial charge on any atom is 0.306 e. The molecule has 0 fully saturated rings. The summed E-state index contributed by atoms with van der Waals surface area (Å²) in [5, 5.41) is 0. The summed E-state index contributed by atoms with van der Waals surface area (Å²) in [4.78, 5) is 22.5. The number of rotatable bonds is 8. The molecular formula is C13H18O5. The fourth-order valence-electron chi connectivity index (χ4n) is 1.23. The van der Waals surface area contributed by atoms with Gasteiger partial charge in [0.1, 0.15) is 12.4 Å². The number of carbonyl (C=O) groups is 2. The molecule has 1 rings (SSSR count). The molecule has 1 aromatic rings. The molecule has 0 amide bonds. The van der Waals surface area contributed by atoms with Crippen LogP contribution < -0.4 is 0 Å². The molecule has 1 heterocycles. The van der Waals surface area contributed by atoms with Crippen LogP contribution in [0.15, 0.2) is 22.8 Å². The molecular weight excluding hydrogens is 236 g/mol. The van der Waals surface area contributed by atoms with Gasteiger partial charge in [0.15, 0.2) is 0 Å². The van der Waals surface area contributed by atoms with Crippen molar-refractivity contribution in [1.29, 1.82) is 0 Å². The Labute approximate surface area is 106 Å². The van der Waals surface area contributed by atoms with Crippen LogP contribution in [-0.4, -0.2) is 18.5 Å². The summed E-state index contributed by atoms with van der Waals surface area (Å²) < 4.78 is 14.8. The van der Waals surface area contributed by atoms with Crippen LogP contribution in [0.2, 0.25) is 0 Å². The highest BCUT2D eigenvalue weighted by Gasteiger charge is 2.09. The first-order valence-electron chi connectivity index (χ1n) is 6.06. The minimum atomic E-state index is -0.432. The topological polar surface area (TPSA) is 65.7 Å². The van der Waals surface area contributed by atoms with E-state index in [-0.39, 0.29) is 25.4 Å². The van der Waals surface area contributed by atoms with E-state index >= 15 is 0 Å². The van der Waals surface area contributed by atoms with Gasteiger partial charge in [-0.3, -0.25) is 9.59 Å². The summed E-state index contributed by atoms with van der Waals surface area (Å²) in [6.07, 6.45) is 3.41. The fourth-order valence-corrected chi connectivity index (χ4v) is 1.23. The maximum atomic E-state index is 11.3. The van der Waals surface area contributed by atoms with Gasteiger partial charge in [0.2, 0.25) is 0 Å². The SMILES string of the molecule is CCCCOC(=O)CCC(=O)OCc1ccco1. The van der Waals surface area contributed by atoms with Crippen molar-refractivity contribution >= 4 is 11.9 Å². The molecule has 0 radical (unpaired) electrons. The van der Waals surface area contributed by atoms with Gasteiger partial charge in [-0.2, -0.15) is 0 Å². The molecule has 5 nitrogen and oxygen atoms in total. The first-order valence-corrected chi connectivity index (χ1v) is 6.06. The number of carbonyl (C=O) groups excluding carboxylic acids is 2. The Morgan fingerprint density at radius 3 is 2.56 bits per heavy atom. The van der Waals surface area contributed by atoms with Gasteiger partial charge in [-0.15, -0.1) is 0 Å². The number of hydrogen-bond acceptors (Lipinski definition) is 5. The molecule has 0 saturated heterocycles. The molecule has 18 heavy (non-hydrogen) atoms. The van der Waals surface area contributed by atoms with E-state index in [0.717, 1.165) is 12.8 Å². The zero-order valence-electron chi connectivity index (χ0n) is 10.5. The summed E-state index contributed by atoms with van der Waals surface area (Å²) in [6.45, 7) is 2.52. The normalized spacial score (nSPS) is 10.1. The van der Waals surface area contributed by atoms with Crippen LogP contribution in [0.25, 0.3) is 0 Å². The molecule has 0 bridgehead atoms. The third kappa shape index (κ3) is 6.08. The van der Waals surface area contributed by atoms with Crippen molar-refractivity contribution in [2.24, 2.45) is 0 Å². The Kier molecular flexibility index (Phi) is 6.61. The largest absolute Gasteiger partial charge is 0.466 e. The zero-order chi connectivity index (χ0) is 13.2. The monoisotopic (exact) mass is 254 g/mol. The fraction of sp³-hybridized carbons (Fsp3) is 0.538. The van der Waals surface area contributed by atoms with Crippen molar-refractivity contribution in [2.75, 3.05) is 6.61 Å². The van der Waals surface area contributed by atoms with Crippen LogP contribution in [-0.2, 0) is 25.7 Å². The van der Waals surface area contributed by atoms with Crippen LogP contribution in [0.1, 0.15) is 38.4 Å². The summed E-state index contributed by atoms with van der Waals surface area (Å²) >= 11 is 0. The Morgan fingerprint density at radius 1 is 1.22 bits per heavy atom. The molecule has 100 valence electrons. The standard InChI is InChI=1S/C13H18O5/c1-2-3-8-17-12(14)6-7-13(15)18-10-11-5-4-9-16-11/h4-5,9H,2-3,6-8,10H2,1H3. The van der Waals surface area contributed by atoms with Crippen molar-refractivity contribution in [3.05, 3.63) is 24.2 Å². The van der Waals surface area contributed by atoms with E-state index in [1.807, 2.05) is 6.92 Å². The van der Waals surface area contributed by atoms with E-state index in [1.165, 1.54) is 6.26 Å². The van der Waals surface area contributed by atoms with Gasteiger partial charge in [-0.1, -0.05) is 13.3 Å². The van der Waals surface area contributed by atoms with Gasteiger partial charge >= 0.3 is 11.9 Å². The number of hydrogen-bond donors (Lipinski definition) is 0. The molecule has 0 atom stereocenters. The van der Waals surface area contributed by atoms with Crippen molar-refractivity contribution in [2.45, 2.75) is 39.2 Å². The highest BCUT2D eigenvalue weighted by atomic mass is 16.5. The molecule has 0 aliphatic carbocycles. The molecule has 1 aromatic heterocycles. The van der Waals surface area contributed by atoms with E-state index in [1.54, 1.807) is 12.1 Å². The van der Waals surface area contributed by atoms with Gasteiger partial charge in [0, 0.05) is 0 Å². The highest BCUT2D eigenvalue weighted by molar-refractivity contribution is 5.77. The molecule has 0 unspecified atom stereocenters. The summed E-state index contributed by atoms with van der Waals surface area (Å²) in [7, 11) is 0. The van der Waals surface area contributed by atoms with Crippen LogP contribution >= 0.6 is 0 Å². The predicted molar refractivity (Wildman–Crippen MR) is 63.6 cm³/mol. The molecule has 0 aromatic carbocycles. The number of esters is 2. The highest BCUT2D eigenvalue weighted by Crippen LogP contribution is 2.04. The zero-order valence-corrected chi connectivity index (χ0v) is 10.5. The molecule has 0 N–H and O–H groups in total. The average Bonchev–Trinajstić information content (AvgIpc) is 2.87.